The van der Waals surface area contributed by atoms with E-state index >= 15 is 0 Å². The average Bonchev–Trinajstić information content (AvgIpc) is 2.53. The highest BCUT2D eigenvalue weighted by molar-refractivity contribution is 8.01. The summed E-state index contributed by atoms with van der Waals surface area (Å²) in [7, 11) is 1.92. The van der Waals surface area contributed by atoms with Crippen LogP contribution in [0.3, 0.4) is 0 Å². The fourth-order valence-corrected chi connectivity index (χ4v) is 2.08. The first-order chi connectivity index (χ1) is 5.83. The highest BCUT2D eigenvalue weighted by Gasteiger charge is 1.98. The summed E-state index contributed by atoms with van der Waals surface area (Å²) in [6, 6.07) is 0. The van der Waals surface area contributed by atoms with E-state index in [2.05, 4.69) is 22.1 Å². The highest BCUT2D eigenvalue weighted by atomic mass is 32.2. The van der Waals surface area contributed by atoms with Crippen molar-refractivity contribution in [2.75, 3.05) is 19.3 Å². The molecule has 0 saturated carbocycles. The molecule has 0 aliphatic heterocycles. The van der Waals surface area contributed by atoms with Crippen molar-refractivity contribution in [3.63, 3.8) is 0 Å². The smallest absolute Gasteiger partial charge is 0.174 e. The molecule has 1 heterocycles. The van der Waals surface area contributed by atoms with Gasteiger partial charge < -0.3 is 5.32 Å². The Morgan fingerprint density at radius 3 is 3.25 bits per heavy atom. The molecule has 0 saturated heterocycles. The Morgan fingerprint density at radius 1 is 1.83 bits per heavy atom. The van der Waals surface area contributed by atoms with Gasteiger partial charge in [0.1, 0.15) is 5.51 Å². The second-order valence-electron chi connectivity index (χ2n) is 2.27. The van der Waals surface area contributed by atoms with Gasteiger partial charge in [-0.15, -0.1) is 10.2 Å². The molecule has 0 unspecified atom stereocenters. The second kappa shape index (κ2) is 5.29. The topological polar surface area (TPSA) is 37.8 Å². The molecule has 0 amide bonds. The SMILES string of the molecule is C=C(CNC)CSc1nncs1. The summed E-state index contributed by atoms with van der Waals surface area (Å²) >= 11 is 3.24. The monoisotopic (exact) mass is 201 g/mol. The Morgan fingerprint density at radius 2 is 2.67 bits per heavy atom. The number of nitrogens with zero attached hydrogens (tertiary/aromatic N) is 2. The molecule has 0 bridgehead atoms. The standard InChI is InChI=1S/C7H11N3S2/c1-6(3-8-2)4-11-7-10-9-5-12-7/h5,8H,1,3-4H2,2H3. The van der Waals surface area contributed by atoms with Crippen molar-refractivity contribution >= 4 is 23.1 Å². The lowest BCUT2D eigenvalue weighted by molar-refractivity contribution is 0.885. The van der Waals surface area contributed by atoms with Crippen molar-refractivity contribution in [3.8, 4) is 0 Å². The lowest BCUT2D eigenvalue weighted by Gasteiger charge is -2.00. The third kappa shape index (κ3) is 3.34. The number of likely N-dealkylation sites (N-methyl/N-ethyl adjacent to an activating group) is 1. The van der Waals surface area contributed by atoms with Gasteiger partial charge in [-0.1, -0.05) is 35.3 Å². The van der Waals surface area contributed by atoms with E-state index in [4.69, 9.17) is 0 Å². The molecule has 1 N–H and O–H groups in total. The van der Waals surface area contributed by atoms with Crippen molar-refractivity contribution in [2.24, 2.45) is 0 Å². The summed E-state index contributed by atoms with van der Waals surface area (Å²) in [5, 5.41) is 10.7. The molecule has 3 nitrogen and oxygen atoms in total. The molecule has 66 valence electrons. The summed E-state index contributed by atoms with van der Waals surface area (Å²) in [6.07, 6.45) is 0. The Labute approximate surface area is 80.3 Å². The van der Waals surface area contributed by atoms with E-state index in [1.165, 1.54) is 5.57 Å². The number of nitrogens with one attached hydrogen (secondary N) is 1. The van der Waals surface area contributed by atoms with Gasteiger partial charge in [0, 0.05) is 12.3 Å². The van der Waals surface area contributed by atoms with Crippen LogP contribution < -0.4 is 5.32 Å². The lowest BCUT2D eigenvalue weighted by atomic mass is 10.3. The van der Waals surface area contributed by atoms with E-state index < -0.39 is 0 Å². The quantitative estimate of drug-likeness (QED) is 0.577. The molecule has 0 spiro atoms. The average molecular weight is 201 g/mol. The maximum absolute atomic E-state index is 3.92. The number of hydrogen-bond acceptors (Lipinski definition) is 5. The van der Waals surface area contributed by atoms with E-state index in [1.807, 2.05) is 7.05 Å². The summed E-state index contributed by atoms with van der Waals surface area (Å²) < 4.78 is 1.01. The Balaban J connectivity index is 2.22. The fraction of sp³-hybridized carbons (Fsp3) is 0.429. The largest absolute Gasteiger partial charge is 0.316 e. The second-order valence-corrected chi connectivity index (χ2v) is 4.33. The van der Waals surface area contributed by atoms with Gasteiger partial charge in [-0.05, 0) is 7.05 Å². The lowest BCUT2D eigenvalue weighted by Crippen LogP contribution is -2.10. The fourth-order valence-electron chi connectivity index (χ4n) is 0.691. The molecule has 0 aliphatic carbocycles. The Hall–Kier alpha value is -0.390. The van der Waals surface area contributed by atoms with Crippen molar-refractivity contribution in [1.29, 1.82) is 0 Å². The van der Waals surface area contributed by atoms with Crippen molar-refractivity contribution in [2.45, 2.75) is 4.34 Å². The highest BCUT2D eigenvalue weighted by Crippen LogP contribution is 2.20. The van der Waals surface area contributed by atoms with Crippen LogP contribution in [0.4, 0.5) is 0 Å². The minimum atomic E-state index is 0.867. The summed E-state index contributed by atoms with van der Waals surface area (Å²) in [5.74, 6) is 0.913. The number of aromatic nitrogens is 2. The maximum Gasteiger partial charge on any atom is 0.174 e. The van der Waals surface area contributed by atoms with Gasteiger partial charge in [0.15, 0.2) is 4.34 Å². The molecular formula is C7H11N3S2. The molecule has 1 aromatic rings. The molecule has 0 radical (unpaired) electrons. The first-order valence-corrected chi connectivity index (χ1v) is 5.39. The van der Waals surface area contributed by atoms with Crippen LogP contribution in [0.1, 0.15) is 0 Å². The zero-order valence-corrected chi connectivity index (χ0v) is 8.54. The van der Waals surface area contributed by atoms with Crippen LogP contribution >= 0.6 is 23.1 Å². The van der Waals surface area contributed by atoms with E-state index in [0.717, 1.165) is 16.6 Å². The minimum absolute atomic E-state index is 0.867. The predicted octanol–water partition coefficient (Wildman–Crippen LogP) is 1.41. The van der Waals surface area contributed by atoms with Crippen LogP contribution in [0, 0.1) is 0 Å². The number of rotatable bonds is 5. The van der Waals surface area contributed by atoms with Gasteiger partial charge in [0.2, 0.25) is 0 Å². The van der Waals surface area contributed by atoms with E-state index in [-0.39, 0.29) is 0 Å². The van der Waals surface area contributed by atoms with Crippen LogP contribution in [0.15, 0.2) is 22.0 Å². The predicted molar refractivity (Wildman–Crippen MR) is 53.7 cm³/mol. The molecule has 1 rings (SSSR count). The maximum atomic E-state index is 3.92. The first-order valence-electron chi connectivity index (χ1n) is 3.53. The van der Waals surface area contributed by atoms with Crippen LogP contribution in [0.25, 0.3) is 0 Å². The van der Waals surface area contributed by atoms with Crippen molar-refractivity contribution in [1.82, 2.24) is 15.5 Å². The van der Waals surface area contributed by atoms with Crippen LogP contribution in [-0.4, -0.2) is 29.5 Å². The van der Waals surface area contributed by atoms with Gasteiger partial charge in [-0.2, -0.15) is 0 Å². The molecule has 0 aliphatic rings. The van der Waals surface area contributed by atoms with E-state index in [9.17, 15) is 0 Å². The summed E-state index contributed by atoms with van der Waals surface area (Å²) in [4.78, 5) is 0. The number of thioether (sulfide) groups is 1. The molecule has 0 fully saturated rings. The van der Waals surface area contributed by atoms with Crippen LogP contribution in [0.5, 0.6) is 0 Å². The molecule has 1 aromatic heterocycles. The van der Waals surface area contributed by atoms with Gasteiger partial charge >= 0.3 is 0 Å². The summed E-state index contributed by atoms with van der Waals surface area (Å²) in [5.41, 5.74) is 2.92. The van der Waals surface area contributed by atoms with Crippen molar-refractivity contribution in [3.05, 3.63) is 17.7 Å². The van der Waals surface area contributed by atoms with Crippen molar-refractivity contribution < 1.29 is 0 Å². The van der Waals surface area contributed by atoms with Gasteiger partial charge in [0.05, 0.1) is 0 Å². The van der Waals surface area contributed by atoms with Gasteiger partial charge in [-0.25, -0.2) is 0 Å². The van der Waals surface area contributed by atoms with Crippen LogP contribution in [-0.2, 0) is 0 Å². The Kier molecular flexibility index (Phi) is 4.27. The molecular weight excluding hydrogens is 190 g/mol. The van der Waals surface area contributed by atoms with E-state index in [1.54, 1.807) is 28.6 Å². The third-order valence-corrected chi connectivity index (χ3v) is 3.17. The van der Waals surface area contributed by atoms with Gasteiger partial charge in [-0.3, -0.25) is 0 Å². The van der Waals surface area contributed by atoms with Crippen LogP contribution in [0.2, 0.25) is 0 Å². The zero-order chi connectivity index (χ0) is 8.81. The van der Waals surface area contributed by atoms with Gasteiger partial charge in [0.25, 0.3) is 0 Å². The molecule has 0 aromatic carbocycles. The molecule has 0 atom stereocenters. The molecule has 5 heteroatoms. The number of hydrogen-bond donors (Lipinski definition) is 1. The molecule has 12 heavy (non-hydrogen) atoms. The Bertz CT molecular complexity index is 233. The third-order valence-electron chi connectivity index (χ3n) is 1.17. The summed E-state index contributed by atoms with van der Waals surface area (Å²) in [6.45, 7) is 4.78. The van der Waals surface area contributed by atoms with E-state index in [0.29, 0.717) is 0 Å². The normalized spacial score (nSPS) is 10.1. The minimum Gasteiger partial charge on any atom is -0.316 e. The zero-order valence-electron chi connectivity index (χ0n) is 6.91. The first kappa shape index (κ1) is 9.70.